The maximum atomic E-state index is 12.5. The van der Waals surface area contributed by atoms with Crippen molar-refractivity contribution in [1.82, 2.24) is 20.1 Å². The van der Waals surface area contributed by atoms with Crippen LogP contribution < -0.4 is 11.0 Å². The standard InChI is InChI=1S/C16H28N4O2S/c1-5-9-20-15(22)18-19-16(20)23-12(4)14(21)17-13-8-6-7-10(2)11(13)3/h10-13H,5-9H2,1-4H3,(H,17,21)(H,18,22)/t10-,11-,12-,13-/m1/s1. The van der Waals surface area contributed by atoms with Crippen LogP contribution in [0.5, 0.6) is 0 Å². The summed E-state index contributed by atoms with van der Waals surface area (Å²) in [4.78, 5) is 24.2. The number of nitrogens with zero attached hydrogens (tertiary/aromatic N) is 2. The molecule has 0 unspecified atom stereocenters. The van der Waals surface area contributed by atoms with Crippen molar-refractivity contribution in [3.63, 3.8) is 0 Å². The number of rotatable bonds is 6. The minimum absolute atomic E-state index is 0.0273. The Bertz CT molecular complexity index is 583. The number of thioether (sulfide) groups is 1. The summed E-state index contributed by atoms with van der Waals surface area (Å²) in [6, 6.07) is 0.256. The smallest absolute Gasteiger partial charge is 0.343 e. The largest absolute Gasteiger partial charge is 0.352 e. The molecular formula is C16H28N4O2S. The Balaban J connectivity index is 1.96. The van der Waals surface area contributed by atoms with Crippen LogP contribution in [0, 0.1) is 11.8 Å². The lowest BCUT2D eigenvalue weighted by Gasteiger charge is -2.35. The summed E-state index contributed by atoms with van der Waals surface area (Å²) in [6.07, 6.45) is 4.32. The Morgan fingerprint density at radius 2 is 2.22 bits per heavy atom. The first-order valence-corrected chi connectivity index (χ1v) is 9.44. The van der Waals surface area contributed by atoms with Crippen molar-refractivity contribution in [2.75, 3.05) is 0 Å². The molecule has 1 aliphatic rings. The van der Waals surface area contributed by atoms with E-state index in [0.29, 0.717) is 23.5 Å². The molecule has 1 amide bonds. The summed E-state index contributed by atoms with van der Waals surface area (Å²) in [5.41, 5.74) is -0.211. The first-order valence-electron chi connectivity index (χ1n) is 8.56. The van der Waals surface area contributed by atoms with Gasteiger partial charge in [0.1, 0.15) is 0 Å². The molecule has 1 heterocycles. The van der Waals surface area contributed by atoms with E-state index in [0.717, 1.165) is 12.8 Å². The second-order valence-corrected chi connectivity index (χ2v) is 7.91. The van der Waals surface area contributed by atoms with E-state index >= 15 is 0 Å². The molecule has 0 spiro atoms. The molecule has 6 nitrogen and oxygen atoms in total. The molecule has 0 aliphatic heterocycles. The highest BCUT2D eigenvalue weighted by molar-refractivity contribution is 8.00. The average molecular weight is 340 g/mol. The number of amides is 1. The van der Waals surface area contributed by atoms with Gasteiger partial charge in [-0.25, -0.2) is 9.89 Å². The zero-order valence-corrected chi connectivity index (χ0v) is 15.3. The number of nitrogens with one attached hydrogen (secondary N) is 2. The molecule has 7 heteroatoms. The van der Waals surface area contributed by atoms with Gasteiger partial charge in [0, 0.05) is 12.6 Å². The van der Waals surface area contributed by atoms with Gasteiger partial charge in [-0.3, -0.25) is 9.36 Å². The van der Waals surface area contributed by atoms with Crippen LogP contribution in [0.25, 0.3) is 0 Å². The first kappa shape index (κ1) is 18.1. The molecule has 1 saturated carbocycles. The molecule has 2 rings (SSSR count). The Morgan fingerprint density at radius 1 is 1.48 bits per heavy atom. The zero-order chi connectivity index (χ0) is 17.0. The summed E-state index contributed by atoms with van der Waals surface area (Å²) < 4.78 is 1.60. The van der Waals surface area contributed by atoms with Crippen LogP contribution in [0.4, 0.5) is 0 Å². The van der Waals surface area contributed by atoms with Gasteiger partial charge in [0.15, 0.2) is 5.16 Å². The third-order valence-corrected chi connectivity index (χ3v) is 5.95. The molecule has 1 aliphatic carbocycles. The van der Waals surface area contributed by atoms with Crippen LogP contribution in [-0.4, -0.2) is 32.0 Å². The van der Waals surface area contributed by atoms with Crippen LogP contribution >= 0.6 is 11.8 Å². The second-order valence-electron chi connectivity index (χ2n) is 6.61. The van der Waals surface area contributed by atoms with Crippen LogP contribution in [0.2, 0.25) is 0 Å². The number of aromatic amines is 1. The fraction of sp³-hybridized carbons (Fsp3) is 0.812. The van der Waals surface area contributed by atoms with Gasteiger partial charge in [0.25, 0.3) is 0 Å². The molecule has 1 aromatic heterocycles. The third kappa shape index (κ3) is 4.40. The number of aromatic nitrogens is 3. The van der Waals surface area contributed by atoms with Crippen molar-refractivity contribution in [2.24, 2.45) is 11.8 Å². The monoisotopic (exact) mass is 340 g/mol. The lowest BCUT2D eigenvalue weighted by molar-refractivity contribution is -0.121. The number of hydrogen-bond donors (Lipinski definition) is 2. The fourth-order valence-corrected chi connectivity index (χ4v) is 4.00. The molecule has 4 atom stereocenters. The lowest BCUT2D eigenvalue weighted by atomic mass is 9.78. The number of H-pyrrole nitrogens is 1. The van der Waals surface area contributed by atoms with Crippen molar-refractivity contribution in [3.8, 4) is 0 Å². The maximum Gasteiger partial charge on any atom is 0.343 e. The Morgan fingerprint density at radius 3 is 2.91 bits per heavy atom. The second kappa shape index (κ2) is 8.04. The molecule has 1 fully saturated rings. The SMILES string of the molecule is CCCn1c(S[C@H](C)C(=O)N[C@@H]2CCC[C@@H](C)[C@H]2C)n[nH]c1=O. The van der Waals surface area contributed by atoms with Gasteiger partial charge in [0.05, 0.1) is 5.25 Å². The Kier molecular flexibility index (Phi) is 6.33. The van der Waals surface area contributed by atoms with Crippen molar-refractivity contribution >= 4 is 17.7 Å². The van der Waals surface area contributed by atoms with Gasteiger partial charge in [-0.2, -0.15) is 0 Å². The van der Waals surface area contributed by atoms with Crippen LogP contribution in [-0.2, 0) is 11.3 Å². The maximum absolute atomic E-state index is 12.5. The molecule has 2 N–H and O–H groups in total. The molecule has 130 valence electrons. The van der Waals surface area contributed by atoms with E-state index in [1.54, 1.807) is 4.57 Å². The topological polar surface area (TPSA) is 79.8 Å². The van der Waals surface area contributed by atoms with Crippen LogP contribution in [0.3, 0.4) is 0 Å². The first-order chi connectivity index (χ1) is 10.9. The van der Waals surface area contributed by atoms with E-state index in [2.05, 4.69) is 29.4 Å². The van der Waals surface area contributed by atoms with Crippen molar-refractivity contribution < 1.29 is 4.79 Å². The molecular weight excluding hydrogens is 312 g/mol. The number of carbonyl (C=O) groups is 1. The quantitative estimate of drug-likeness (QED) is 0.779. The minimum Gasteiger partial charge on any atom is -0.352 e. The number of carbonyl (C=O) groups excluding carboxylic acids is 1. The normalized spacial score (nSPS) is 26.0. The van der Waals surface area contributed by atoms with Gasteiger partial charge < -0.3 is 5.32 Å². The molecule has 23 heavy (non-hydrogen) atoms. The van der Waals surface area contributed by atoms with E-state index in [1.165, 1.54) is 24.6 Å². The van der Waals surface area contributed by atoms with Gasteiger partial charge in [-0.05, 0) is 31.6 Å². The van der Waals surface area contributed by atoms with Gasteiger partial charge in [-0.1, -0.05) is 45.4 Å². The van der Waals surface area contributed by atoms with Gasteiger partial charge in [0.2, 0.25) is 5.91 Å². The molecule has 0 aromatic carbocycles. The van der Waals surface area contributed by atoms with Gasteiger partial charge in [-0.15, -0.1) is 5.10 Å². The summed E-state index contributed by atoms with van der Waals surface area (Å²) in [7, 11) is 0. The summed E-state index contributed by atoms with van der Waals surface area (Å²) in [5.74, 6) is 1.19. The highest BCUT2D eigenvalue weighted by Gasteiger charge is 2.29. The predicted octanol–water partition coefficient (Wildman–Crippen LogP) is 2.40. The molecule has 0 radical (unpaired) electrons. The van der Waals surface area contributed by atoms with E-state index in [9.17, 15) is 9.59 Å². The summed E-state index contributed by atoms with van der Waals surface area (Å²) in [5, 5.41) is 10.0. The van der Waals surface area contributed by atoms with Crippen LogP contribution in [0.1, 0.15) is 53.4 Å². The lowest BCUT2D eigenvalue weighted by Crippen LogP contribution is -2.46. The van der Waals surface area contributed by atoms with Crippen LogP contribution in [0.15, 0.2) is 9.95 Å². The van der Waals surface area contributed by atoms with Crippen molar-refractivity contribution in [2.45, 2.75) is 76.4 Å². The highest BCUT2D eigenvalue weighted by atomic mass is 32.2. The Hall–Kier alpha value is -1.24. The van der Waals surface area contributed by atoms with Gasteiger partial charge >= 0.3 is 5.69 Å². The summed E-state index contributed by atoms with van der Waals surface area (Å²) in [6.45, 7) is 8.97. The average Bonchev–Trinajstić information content (AvgIpc) is 2.85. The zero-order valence-electron chi connectivity index (χ0n) is 14.5. The summed E-state index contributed by atoms with van der Waals surface area (Å²) >= 11 is 1.34. The Labute approximate surface area is 141 Å². The molecule has 1 aromatic rings. The number of hydrogen-bond acceptors (Lipinski definition) is 4. The third-order valence-electron chi connectivity index (χ3n) is 4.86. The van der Waals surface area contributed by atoms with E-state index in [1.807, 2.05) is 13.8 Å². The van der Waals surface area contributed by atoms with Crippen molar-refractivity contribution in [1.29, 1.82) is 0 Å². The minimum atomic E-state index is -0.273. The highest BCUT2D eigenvalue weighted by Crippen LogP contribution is 2.30. The predicted molar refractivity (Wildman–Crippen MR) is 92.6 cm³/mol. The van der Waals surface area contributed by atoms with E-state index in [-0.39, 0.29) is 22.9 Å². The van der Waals surface area contributed by atoms with E-state index in [4.69, 9.17) is 0 Å². The fourth-order valence-electron chi connectivity index (χ4n) is 3.11. The van der Waals surface area contributed by atoms with Crippen molar-refractivity contribution in [3.05, 3.63) is 10.5 Å². The van der Waals surface area contributed by atoms with E-state index < -0.39 is 0 Å². The molecule has 0 saturated heterocycles. The molecule has 0 bridgehead atoms.